The lowest BCUT2D eigenvalue weighted by Gasteiger charge is -2.11. The fourth-order valence-corrected chi connectivity index (χ4v) is 1.37. The zero-order valence-electron chi connectivity index (χ0n) is 8.45. The van der Waals surface area contributed by atoms with Crippen LogP contribution in [0.4, 0.5) is 5.69 Å². The third-order valence-corrected chi connectivity index (χ3v) is 2.48. The molecule has 3 nitrogen and oxygen atoms in total. The van der Waals surface area contributed by atoms with Gasteiger partial charge in [-0.2, -0.15) is 0 Å². The Bertz CT molecular complexity index is 426. The summed E-state index contributed by atoms with van der Waals surface area (Å²) in [4.78, 5) is 0.245. The molecule has 4 heteroatoms. The summed E-state index contributed by atoms with van der Waals surface area (Å²) in [6.45, 7) is 9.31. The molecule has 1 atom stereocenters. The number of hydrogen-bond donors (Lipinski definition) is 1. The summed E-state index contributed by atoms with van der Waals surface area (Å²) >= 11 is -2.21. The molecule has 1 aromatic rings. The van der Waals surface area contributed by atoms with Gasteiger partial charge >= 0.3 is 0 Å². The van der Waals surface area contributed by atoms with Crippen LogP contribution in [0.1, 0.15) is 6.92 Å². The molecule has 0 saturated carbocycles. The van der Waals surface area contributed by atoms with Crippen molar-refractivity contribution in [1.29, 1.82) is 0 Å². The van der Waals surface area contributed by atoms with Crippen LogP contribution in [-0.2, 0) is 11.1 Å². The number of hydrogen-bond acceptors (Lipinski definition) is 3. The molecular weight excluding hydrogens is 210 g/mol. The van der Waals surface area contributed by atoms with Gasteiger partial charge in [0.25, 0.3) is 0 Å². The number of nitrogens with one attached hydrogen (secondary N) is 1. The smallest absolute Gasteiger partial charge is 0.0395 e. The van der Waals surface area contributed by atoms with Crippen molar-refractivity contribution >= 4 is 16.8 Å². The molecule has 15 heavy (non-hydrogen) atoms. The van der Waals surface area contributed by atoms with Crippen LogP contribution in [0.5, 0.6) is 0 Å². The Morgan fingerprint density at radius 2 is 2.13 bits per heavy atom. The normalized spacial score (nSPS) is 11.9. The molecule has 0 radical (unpaired) electrons. The highest BCUT2D eigenvalue weighted by atomic mass is 32.2. The molecule has 1 rings (SSSR count). The van der Waals surface area contributed by atoms with Crippen LogP contribution in [0.25, 0.3) is 0 Å². The Morgan fingerprint density at radius 1 is 1.47 bits per heavy atom. The molecule has 1 unspecified atom stereocenters. The van der Waals surface area contributed by atoms with Gasteiger partial charge in [0, 0.05) is 16.3 Å². The molecule has 0 aliphatic rings. The minimum absolute atomic E-state index is 0.245. The maximum atomic E-state index is 10.7. The van der Waals surface area contributed by atoms with Crippen LogP contribution in [0.3, 0.4) is 0 Å². The van der Waals surface area contributed by atoms with E-state index in [1.165, 1.54) is 12.1 Å². The van der Waals surface area contributed by atoms with Crippen molar-refractivity contribution in [2.75, 3.05) is 5.32 Å². The molecule has 0 aliphatic heterocycles. The molecule has 80 valence electrons. The van der Waals surface area contributed by atoms with Crippen molar-refractivity contribution in [3.8, 4) is 0 Å². The van der Waals surface area contributed by atoms with E-state index in [-0.39, 0.29) is 4.90 Å². The fraction of sp³-hybridized carbons (Fsp3) is 0.0909. The van der Waals surface area contributed by atoms with Gasteiger partial charge in [-0.3, -0.25) is 4.21 Å². The topological polar surface area (TPSA) is 52.2 Å². The second kappa shape index (κ2) is 4.91. The van der Waals surface area contributed by atoms with Crippen LogP contribution < -0.4 is 5.32 Å². The Morgan fingerprint density at radius 3 is 2.67 bits per heavy atom. The molecule has 0 aromatic heterocycles. The number of rotatable bonds is 4. The van der Waals surface area contributed by atoms with Crippen molar-refractivity contribution in [2.45, 2.75) is 11.8 Å². The summed E-state index contributed by atoms with van der Waals surface area (Å²) < 4.78 is 21.4. The van der Waals surface area contributed by atoms with Gasteiger partial charge in [0.1, 0.15) is 0 Å². The van der Waals surface area contributed by atoms with Crippen molar-refractivity contribution in [1.82, 2.24) is 0 Å². The standard InChI is InChI=1S/C11H13NO2S/c1-8(2)9(3)12-10-5-4-6-11(7-10)15(13)14/h4-7,12H,1,3H2,2H3,(H,13,14)/p-1. The van der Waals surface area contributed by atoms with Gasteiger partial charge in [0.2, 0.25) is 0 Å². The first kappa shape index (κ1) is 11.7. The molecule has 1 aromatic carbocycles. The van der Waals surface area contributed by atoms with Crippen molar-refractivity contribution in [3.05, 3.63) is 48.7 Å². The Labute approximate surface area is 91.8 Å². The second-order valence-electron chi connectivity index (χ2n) is 3.15. The predicted molar refractivity (Wildman–Crippen MR) is 61.2 cm³/mol. The van der Waals surface area contributed by atoms with Gasteiger partial charge in [0.15, 0.2) is 0 Å². The quantitative estimate of drug-likeness (QED) is 0.628. The van der Waals surface area contributed by atoms with Gasteiger partial charge < -0.3 is 9.87 Å². The van der Waals surface area contributed by atoms with Crippen LogP contribution in [0.2, 0.25) is 0 Å². The maximum Gasteiger partial charge on any atom is 0.0395 e. The highest BCUT2D eigenvalue weighted by Gasteiger charge is 1.98. The SMILES string of the molecule is C=C(C)C(=C)Nc1cccc(S(=O)[O-])c1. The number of anilines is 1. The summed E-state index contributed by atoms with van der Waals surface area (Å²) in [5.41, 5.74) is 2.16. The first-order chi connectivity index (χ1) is 7.00. The minimum atomic E-state index is -2.21. The van der Waals surface area contributed by atoms with Crippen LogP contribution in [0, 0.1) is 0 Å². The van der Waals surface area contributed by atoms with E-state index < -0.39 is 11.1 Å². The van der Waals surface area contributed by atoms with Crippen LogP contribution >= 0.6 is 0 Å². The number of benzene rings is 1. The highest BCUT2D eigenvalue weighted by molar-refractivity contribution is 7.79. The van der Waals surface area contributed by atoms with E-state index in [4.69, 9.17) is 0 Å². The van der Waals surface area contributed by atoms with Gasteiger partial charge in [-0.15, -0.1) is 0 Å². The van der Waals surface area contributed by atoms with E-state index in [9.17, 15) is 8.76 Å². The van der Waals surface area contributed by atoms with E-state index in [1.807, 2.05) is 6.92 Å². The molecule has 1 N–H and O–H groups in total. The fourth-order valence-electron chi connectivity index (χ4n) is 0.958. The van der Waals surface area contributed by atoms with E-state index in [1.54, 1.807) is 12.1 Å². The van der Waals surface area contributed by atoms with Crippen molar-refractivity contribution < 1.29 is 8.76 Å². The predicted octanol–water partition coefficient (Wildman–Crippen LogP) is 2.43. The summed E-state index contributed by atoms with van der Waals surface area (Å²) in [5, 5.41) is 2.97. The van der Waals surface area contributed by atoms with E-state index >= 15 is 0 Å². The lowest BCUT2D eigenvalue weighted by Crippen LogP contribution is -1.99. The highest BCUT2D eigenvalue weighted by Crippen LogP contribution is 2.16. The lowest BCUT2D eigenvalue weighted by molar-refractivity contribution is 0.537. The van der Waals surface area contributed by atoms with E-state index in [0.29, 0.717) is 11.4 Å². The monoisotopic (exact) mass is 222 g/mol. The van der Waals surface area contributed by atoms with Crippen LogP contribution in [0.15, 0.2) is 53.6 Å². The minimum Gasteiger partial charge on any atom is -0.768 e. The van der Waals surface area contributed by atoms with Crippen LogP contribution in [-0.4, -0.2) is 8.76 Å². The average molecular weight is 222 g/mol. The van der Waals surface area contributed by atoms with E-state index in [2.05, 4.69) is 18.5 Å². The average Bonchev–Trinajstić information content (AvgIpc) is 2.18. The molecule has 0 amide bonds. The van der Waals surface area contributed by atoms with Gasteiger partial charge in [-0.05, 0) is 41.8 Å². The summed E-state index contributed by atoms with van der Waals surface area (Å²) in [6, 6.07) is 6.50. The third-order valence-electron chi connectivity index (χ3n) is 1.84. The summed E-state index contributed by atoms with van der Waals surface area (Å²) in [7, 11) is 0. The maximum absolute atomic E-state index is 10.7. The molecule has 0 heterocycles. The molecule has 0 spiro atoms. The van der Waals surface area contributed by atoms with Gasteiger partial charge in [0.05, 0.1) is 0 Å². The number of allylic oxidation sites excluding steroid dienone is 1. The van der Waals surface area contributed by atoms with Gasteiger partial charge in [-0.1, -0.05) is 19.2 Å². The second-order valence-corrected chi connectivity index (χ2v) is 4.09. The zero-order chi connectivity index (χ0) is 11.4. The van der Waals surface area contributed by atoms with Gasteiger partial charge in [-0.25, -0.2) is 0 Å². The summed E-state index contributed by atoms with van der Waals surface area (Å²) in [5.74, 6) is 0. The molecule has 0 saturated heterocycles. The van der Waals surface area contributed by atoms with Crippen molar-refractivity contribution in [2.24, 2.45) is 0 Å². The zero-order valence-corrected chi connectivity index (χ0v) is 9.26. The first-order valence-electron chi connectivity index (χ1n) is 4.32. The third kappa shape index (κ3) is 3.34. The summed E-state index contributed by atoms with van der Waals surface area (Å²) in [6.07, 6.45) is 0. The first-order valence-corrected chi connectivity index (χ1v) is 5.39. The van der Waals surface area contributed by atoms with Crippen molar-refractivity contribution in [3.63, 3.8) is 0 Å². The molecule has 0 aliphatic carbocycles. The molecule has 0 fully saturated rings. The molecular formula is C11H12NO2S-. The lowest BCUT2D eigenvalue weighted by atomic mass is 10.2. The Balaban J connectivity index is 2.87. The largest absolute Gasteiger partial charge is 0.768 e. The van der Waals surface area contributed by atoms with E-state index in [0.717, 1.165) is 5.57 Å². The Hall–Kier alpha value is -1.39. The molecule has 0 bridgehead atoms. The Kier molecular flexibility index (Phi) is 3.82.